The molecule has 7 nitrogen and oxygen atoms in total. The van der Waals surface area contributed by atoms with Crippen LogP contribution < -0.4 is 10.6 Å². The molecule has 0 saturated heterocycles. The summed E-state index contributed by atoms with van der Waals surface area (Å²) in [5.74, 6) is -0.327. The number of benzene rings is 2. The van der Waals surface area contributed by atoms with Gasteiger partial charge in [0, 0.05) is 25.4 Å². The van der Waals surface area contributed by atoms with Gasteiger partial charge in [-0.15, -0.1) is 0 Å². The number of methoxy groups -OCH3 is 1. The lowest BCUT2D eigenvalue weighted by atomic mass is 10.0. The van der Waals surface area contributed by atoms with Crippen LogP contribution in [0.1, 0.15) is 43.2 Å². The van der Waals surface area contributed by atoms with Gasteiger partial charge in [0.15, 0.2) is 5.69 Å². The lowest BCUT2D eigenvalue weighted by molar-refractivity contribution is -0.114. The number of hydrogen-bond acceptors (Lipinski definition) is 5. The van der Waals surface area contributed by atoms with Gasteiger partial charge < -0.3 is 19.9 Å². The standard InChI is InChI=1S/C27H30N4O3/c1-17(2)12-13-31-25(27(33)34-4)24(30-18(3)32)23-14-21(16-29-26(23)31)28-15-20-10-7-9-19-8-5-6-11-22(19)20/h5-11,14,16-17,28H,12-13,15H2,1-4H3,(H,30,32). The van der Waals surface area contributed by atoms with E-state index in [2.05, 4.69) is 53.7 Å². The van der Waals surface area contributed by atoms with E-state index in [4.69, 9.17) is 4.74 Å². The number of esters is 1. The second kappa shape index (κ2) is 9.95. The summed E-state index contributed by atoms with van der Waals surface area (Å²) in [4.78, 5) is 29.4. The molecular weight excluding hydrogens is 428 g/mol. The summed E-state index contributed by atoms with van der Waals surface area (Å²) < 4.78 is 6.91. The van der Waals surface area contributed by atoms with Crippen LogP contribution in [0.5, 0.6) is 0 Å². The van der Waals surface area contributed by atoms with Crippen LogP contribution in [0.2, 0.25) is 0 Å². The minimum Gasteiger partial charge on any atom is -0.464 e. The molecule has 0 bridgehead atoms. The van der Waals surface area contributed by atoms with Crippen molar-refractivity contribution in [2.75, 3.05) is 17.7 Å². The molecule has 0 radical (unpaired) electrons. The highest BCUT2D eigenvalue weighted by Crippen LogP contribution is 2.33. The van der Waals surface area contributed by atoms with Crippen molar-refractivity contribution in [2.24, 2.45) is 5.92 Å². The number of anilines is 2. The van der Waals surface area contributed by atoms with E-state index in [1.165, 1.54) is 30.4 Å². The lowest BCUT2D eigenvalue weighted by Gasteiger charge is -2.12. The molecule has 0 spiro atoms. The van der Waals surface area contributed by atoms with Crippen molar-refractivity contribution in [3.63, 3.8) is 0 Å². The highest BCUT2D eigenvalue weighted by atomic mass is 16.5. The van der Waals surface area contributed by atoms with Crippen LogP contribution in [0.3, 0.4) is 0 Å². The minimum atomic E-state index is -0.504. The molecule has 0 aliphatic carbocycles. The Kier molecular flexibility index (Phi) is 6.82. The number of hydrogen-bond donors (Lipinski definition) is 2. The van der Waals surface area contributed by atoms with Gasteiger partial charge in [-0.25, -0.2) is 9.78 Å². The van der Waals surface area contributed by atoms with E-state index in [9.17, 15) is 9.59 Å². The first-order chi connectivity index (χ1) is 16.4. The number of nitrogens with zero attached hydrogens (tertiary/aromatic N) is 2. The molecule has 2 heterocycles. The van der Waals surface area contributed by atoms with Gasteiger partial charge >= 0.3 is 5.97 Å². The van der Waals surface area contributed by atoms with E-state index in [0.717, 1.165) is 12.1 Å². The van der Waals surface area contributed by atoms with Crippen molar-refractivity contribution in [1.29, 1.82) is 0 Å². The summed E-state index contributed by atoms with van der Waals surface area (Å²) in [6.45, 7) is 6.88. The van der Waals surface area contributed by atoms with Crippen LogP contribution in [0.25, 0.3) is 21.8 Å². The zero-order chi connectivity index (χ0) is 24.2. The maximum atomic E-state index is 12.7. The normalized spacial score (nSPS) is 11.2. The topological polar surface area (TPSA) is 85.2 Å². The van der Waals surface area contributed by atoms with Gasteiger partial charge in [0.05, 0.1) is 24.7 Å². The van der Waals surface area contributed by atoms with E-state index >= 15 is 0 Å². The number of amides is 1. The molecule has 7 heteroatoms. The monoisotopic (exact) mass is 458 g/mol. The fraction of sp³-hybridized carbons (Fsp3) is 0.296. The van der Waals surface area contributed by atoms with Crippen molar-refractivity contribution < 1.29 is 14.3 Å². The van der Waals surface area contributed by atoms with Gasteiger partial charge in [-0.2, -0.15) is 0 Å². The van der Waals surface area contributed by atoms with Gasteiger partial charge in [-0.3, -0.25) is 4.79 Å². The molecule has 2 aromatic heterocycles. The largest absolute Gasteiger partial charge is 0.464 e. The third-order valence-corrected chi connectivity index (χ3v) is 5.87. The predicted octanol–water partition coefficient (Wildman–Crippen LogP) is 5.59. The Hall–Kier alpha value is -3.87. The molecule has 34 heavy (non-hydrogen) atoms. The molecule has 1 amide bonds. The Morgan fingerprint density at radius 3 is 2.59 bits per heavy atom. The summed E-state index contributed by atoms with van der Waals surface area (Å²) in [6, 6.07) is 16.4. The van der Waals surface area contributed by atoms with Crippen LogP contribution >= 0.6 is 0 Å². The van der Waals surface area contributed by atoms with E-state index in [0.29, 0.717) is 41.4 Å². The summed E-state index contributed by atoms with van der Waals surface area (Å²) in [6.07, 6.45) is 2.62. The summed E-state index contributed by atoms with van der Waals surface area (Å²) in [5.41, 5.74) is 3.35. The number of aromatic nitrogens is 2. The van der Waals surface area contributed by atoms with Crippen LogP contribution in [-0.2, 0) is 22.6 Å². The Bertz CT molecular complexity index is 1350. The number of aryl methyl sites for hydroxylation is 1. The van der Waals surface area contributed by atoms with Crippen molar-refractivity contribution in [2.45, 2.75) is 40.3 Å². The van der Waals surface area contributed by atoms with Gasteiger partial charge in [0.1, 0.15) is 5.65 Å². The highest BCUT2D eigenvalue weighted by molar-refractivity contribution is 6.11. The summed E-state index contributed by atoms with van der Waals surface area (Å²) in [7, 11) is 1.34. The van der Waals surface area contributed by atoms with Crippen LogP contribution in [0, 0.1) is 5.92 Å². The molecule has 0 saturated carbocycles. The zero-order valence-electron chi connectivity index (χ0n) is 20.0. The first kappa shape index (κ1) is 23.3. The second-order valence-electron chi connectivity index (χ2n) is 8.82. The van der Waals surface area contributed by atoms with Gasteiger partial charge in [0.2, 0.25) is 5.91 Å². The van der Waals surface area contributed by atoms with Crippen LogP contribution in [-0.4, -0.2) is 28.5 Å². The van der Waals surface area contributed by atoms with Crippen molar-refractivity contribution in [3.8, 4) is 0 Å². The highest BCUT2D eigenvalue weighted by Gasteiger charge is 2.25. The third kappa shape index (κ3) is 4.73. The molecule has 0 aliphatic heterocycles. The first-order valence-electron chi connectivity index (χ1n) is 11.5. The molecule has 2 N–H and O–H groups in total. The number of fused-ring (bicyclic) bond motifs is 2. The molecule has 4 rings (SSSR count). The van der Waals surface area contributed by atoms with Crippen LogP contribution in [0.15, 0.2) is 54.7 Å². The number of carbonyl (C=O) groups is 2. The fourth-order valence-corrected chi connectivity index (χ4v) is 4.18. The molecule has 0 aliphatic rings. The molecule has 0 fully saturated rings. The Balaban J connectivity index is 1.75. The van der Waals surface area contributed by atoms with Crippen molar-refractivity contribution >= 4 is 45.1 Å². The Morgan fingerprint density at radius 1 is 1.09 bits per heavy atom. The third-order valence-electron chi connectivity index (χ3n) is 5.87. The second-order valence-corrected chi connectivity index (χ2v) is 8.82. The maximum absolute atomic E-state index is 12.7. The molecule has 2 aromatic carbocycles. The number of nitrogens with one attached hydrogen (secondary N) is 2. The fourth-order valence-electron chi connectivity index (χ4n) is 4.18. The number of ether oxygens (including phenoxy) is 1. The Morgan fingerprint density at radius 2 is 1.85 bits per heavy atom. The van der Waals surface area contributed by atoms with Crippen molar-refractivity contribution in [3.05, 3.63) is 66.0 Å². The molecule has 4 aromatic rings. The number of rotatable bonds is 8. The summed E-state index contributed by atoms with van der Waals surface area (Å²) >= 11 is 0. The van der Waals surface area contributed by atoms with Crippen molar-refractivity contribution in [1.82, 2.24) is 9.55 Å². The summed E-state index contributed by atoms with van der Waals surface area (Å²) in [5, 5.41) is 9.36. The minimum absolute atomic E-state index is 0.262. The number of carbonyl (C=O) groups excluding carboxylic acids is 2. The predicted molar refractivity (Wildman–Crippen MR) is 136 cm³/mol. The SMILES string of the molecule is COC(=O)c1c(NC(C)=O)c2cc(NCc3cccc4ccccc34)cnc2n1CCC(C)C. The smallest absolute Gasteiger partial charge is 0.356 e. The van der Waals surface area contributed by atoms with E-state index in [1.54, 1.807) is 6.20 Å². The van der Waals surface area contributed by atoms with E-state index in [1.807, 2.05) is 28.8 Å². The number of pyridine rings is 1. The zero-order valence-corrected chi connectivity index (χ0v) is 20.0. The average molecular weight is 459 g/mol. The molecule has 176 valence electrons. The maximum Gasteiger partial charge on any atom is 0.356 e. The first-order valence-corrected chi connectivity index (χ1v) is 11.5. The van der Waals surface area contributed by atoms with Gasteiger partial charge in [-0.05, 0) is 34.7 Å². The van der Waals surface area contributed by atoms with E-state index in [-0.39, 0.29) is 5.91 Å². The van der Waals surface area contributed by atoms with Crippen LogP contribution in [0.4, 0.5) is 11.4 Å². The molecule has 0 unspecified atom stereocenters. The lowest BCUT2D eigenvalue weighted by Crippen LogP contribution is -2.16. The molecule has 0 atom stereocenters. The van der Waals surface area contributed by atoms with E-state index < -0.39 is 5.97 Å². The quantitative estimate of drug-likeness (QED) is 0.336. The van der Waals surface area contributed by atoms with Gasteiger partial charge in [-0.1, -0.05) is 56.3 Å². The van der Waals surface area contributed by atoms with Gasteiger partial charge in [0.25, 0.3) is 0 Å². The Labute approximate surface area is 199 Å². The average Bonchev–Trinajstić information content (AvgIpc) is 3.12. The molecular formula is C27H30N4O3.